The molecular weight excluding hydrogens is 230 g/mol. The zero-order chi connectivity index (χ0) is 12.5. The molecule has 0 aliphatic carbocycles. The maximum Gasteiger partial charge on any atom is 0.268 e. The van der Waals surface area contributed by atoms with Gasteiger partial charge in [-0.3, -0.25) is 9.59 Å². The first-order valence-electron chi connectivity index (χ1n) is 6.45. The Hall–Kier alpha value is -1.62. The van der Waals surface area contributed by atoms with E-state index in [1.54, 1.807) is 12.1 Å². The number of nitrogens with one attached hydrogen (secondary N) is 2. The van der Waals surface area contributed by atoms with Crippen LogP contribution < -0.4 is 10.9 Å². The monoisotopic (exact) mass is 247 g/mol. The van der Waals surface area contributed by atoms with E-state index < -0.39 is 0 Å². The van der Waals surface area contributed by atoms with E-state index >= 15 is 0 Å². The molecule has 3 saturated heterocycles. The number of aromatic nitrogens is 1. The smallest absolute Gasteiger partial charge is 0.268 e. The second-order valence-electron chi connectivity index (χ2n) is 5.15. The number of rotatable bonds is 2. The maximum atomic E-state index is 12.0. The summed E-state index contributed by atoms with van der Waals surface area (Å²) in [5, 5.41) is 3.04. The third-order valence-corrected chi connectivity index (χ3v) is 3.99. The van der Waals surface area contributed by atoms with Crippen LogP contribution in [0.2, 0.25) is 0 Å². The first kappa shape index (κ1) is 11.5. The molecule has 4 heterocycles. The van der Waals surface area contributed by atoms with Crippen LogP contribution in [0.4, 0.5) is 0 Å². The molecule has 5 heteroatoms. The van der Waals surface area contributed by atoms with Crippen molar-refractivity contribution >= 4 is 5.91 Å². The van der Waals surface area contributed by atoms with Crippen molar-refractivity contribution in [1.29, 1.82) is 0 Å². The van der Waals surface area contributed by atoms with Gasteiger partial charge in [0.05, 0.1) is 0 Å². The molecule has 5 nitrogen and oxygen atoms in total. The van der Waals surface area contributed by atoms with E-state index in [1.165, 1.54) is 6.07 Å². The summed E-state index contributed by atoms with van der Waals surface area (Å²) in [7, 11) is 0. The largest absolute Gasteiger partial charge is 0.346 e. The van der Waals surface area contributed by atoms with Gasteiger partial charge in [-0.15, -0.1) is 0 Å². The molecule has 1 unspecified atom stereocenters. The van der Waals surface area contributed by atoms with E-state index in [4.69, 9.17) is 0 Å². The molecule has 3 aliphatic rings. The number of fused-ring (bicyclic) bond motifs is 3. The number of hydrogen-bond donors (Lipinski definition) is 2. The number of carbonyl (C=O) groups is 1. The molecule has 96 valence electrons. The molecule has 0 radical (unpaired) electrons. The van der Waals surface area contributed by atoms with Gasteiger partial charge in [-0.2, -0.15) is 0 Å². The van der Waals surface area contributed by atoms with Gasteiger partial charge in [-0.25, -0.2) is 0 Å². The molecular formula is C13H17N3O2. The number of H-pyrrole nitrogens is 1. The topological polar surface area (TPSA) is 65.2 Å². The summed E-state index contributed by atoms with van der Waals surface area (Å²) in [5.74, 6) is 0.417. The van der Waals surface area contributed by atoms with E-state index in [9.17, 15) is 9.59 Å². The van der Waals surface area contributed by atoms with Gasteiger partial charge in [0.2, 0.25) is 5.56 Å². The third kappa shape index (κ3) is 2.18. The molecule has 18 heavy (non-hydrogen) atoms. The van der Waals surface area contributed by atoms with Gasteiger partial charge in [-0.05, 0) is 37.9 Å². The van der Waals surface area contributed by atoms with Crippen molar-refractivity contribution in [3.8, 4) is 0 Å². The molecule has 1 amide bonds. The van der Waals surface area contributed by atoms with E-state index in [-0.39, 0.29) is 17.5 Å². The van der Waals surface area contributed by atoms with Gasteiger partial charge in [-0.1, -0.05) is 6.07 Å². The lowest BCUT2D eigenvalue weighted by atomic mass is 9.84. The van der Waals surface area contributed by atoms with Gasteiger partial charge >= 0.3 is 0 Å². The highest BCUT2D eigenvalue weighted by Crippen LogP contribution is 2.27. The number of carbonyl (C=O) groups excluding carboxylic acids is 1. The van der Waals surface area contributed by atoms with Gasteiger partial charge in [0.1, 0.15) is 5.69 Å². The second kappa shape index (κ2) is 4.57. The highest BCUT2D eigenvalue weighted by molar-refractivity contribution is 5.92. The van der Waals surface area contributed by atoms with Crippen LogP contribution in [0.3, 0.4) is 0 Å². The second-order valence-corrected chi connectivity index (χ2v) is 5.15. The fraction of sp³-hybridized carbons (Fsp3) is 0.538. The Balaban J connectivity index is 1.69. The summed E-state index contributed by atoms with van der Waals surface area (Å²) in [6.45, 7) is 3.24. The quantitative estimate of drug-likeness (QED) is 0.784. The van der Waals surface area contributed by atoms with Crippen molar-refractivity contribution in [2.45, 2.75) is 18.9 Å². The molecule has 0 spiro atoms. The van der Waals surface area contributed by atoms with Gasteiger partial charge in [0, 0.05) is 18.7 Å². The average Bonchev–Trinajstić information content (AvgIpc) is 2.40. The molecule has 1 aromatic heterocycles. The average molecular weight is 247 g/mol. The van der Waals surface area contributed by atoms with Gasteiger partial charge in [0.15, 0.2) is 0 Å². The Bertz CT molecular complexity index is 503. The lowest BCUT2D eigenvalue weighted by molar-refractivity contribution is 0.0617. The lowest BCUT2D eigenvalue weighted by Crippen LogP contribution is -2.57. The van der Waals surface area contributed by atoms with Gasteiger partial charge in [0.25, 0.3) is 5.91 Å². The van der Waals surface area contributed by atoms with E-state index in [2.05, 4.69) is 15.2 Å². The van der Waals surface area contributed by atoms with E-state index in [1.807, 2.05) is 0 Å². The summed E-state index contributed by atoms with van der Waals surface area (Å²) in [6.07, 6.45) is 2.33. The third-order valence-electron chi connectivity index (χ3n) is 3.99. The van der Waals surface area contributed by atoms with Crippen molar-refractivity contribution in [2.24, 2.45) is 5.92 Å². The Morgan fingerprint density at radius 2 is 2.11 bits per heavy atom. The van der Waals surface area contributed by atoms with Gasteiger partial charge < -0.3 is 15.2 Å². The molecule has 3 fully saturated rings. The summed E-state index contributed by atoms with van der Waals surface area (Å²) < 4.78 is 0. The molecule has 1 aromatic rings. The maximum absolute atomic E-state index is 12.0. The highest BCUT2D eigenvalue weighted by Gasteiger charge is 2.34. The summed E-state index contributed by atoms with van der Waals surface area (Å²) in [4.78, 5) is 28.2. The van der Waals surface area contributed by atoms with Crippen LogP contribution in [-0.2, 0) is 0 Å². The van der Waals surface area contributed by atoms with Crippen molar-refractivity contribution in [3.63, 3.8) is 0 Å². The van der Waals surface area contributed by atoms with Crippen LogP contribution in [0.5, 0.6) is 0 Å². The molecule has 4 rings (SSSR count). The lowest BCUT2D eigenvalue weighted by Gasteiger charge is -2.44. The number of pyridine rings is 1. The van der Waals surface area contributed by atoms with Crippen LogP contribution in [0.25, 0.3) is 0 Å². The van der Waals surface area contributed by atoms with Crippen LogP contribution >= 0.6 is 0 Å². The minimum Gasteiger partial charge on any atom is -0.346 e. The number of hydrogen-bond acceptors (Lipinski definition) is 3. The van der Waals surface area contributed by atoms with E-state index in [0.29, 0.717) is 11.6 Å². The zero-order valence-electron chi connectivity index (χ0n) is 10.2. The number of amides is 1. The molecule has 3 aliphatic heterocycles. The van der Waals surface area contributed by atoms with Crippen LogP contribution in [0.1, 0.15) is 23.3 Å². The van der Waals surface area contributed by atoms with Crippen LogP contribution in [0, 0.1) is 5.92 Å². The van der Waals surface area contributed by atoms with Crippen molar-refractivity contribution in [3.05, 3.63) is 34.2 Å². The highest BCUT2D eigenvalue weighted by atomic mass is 16.2. The summed E-state index contributed by atoms with van der Waals surface area (Å²) >= 11 is 0. The first-order valence-corrected chi connectivity index (χ1v) is 6.45. The normalized spacial score (nSPS) is 30.1. The SMILES string of the molecule is O=C(NC1CN2CCC1CC2)c1cccc(=O)[nH]1. The Morgan fingerprint density at radius 1 is 1.33 bits per heavy atom. The minimum absolute atomic E-state index is 0.175. The first-order chi connectivity index (χ1) is 8.72. The van der Waals surface area contributed by atoms with Crippen molar-refractivity contribution in [2.75, 3.05) is 19.6 Å². The Morgan fingerprint density at radius 3 is 2.72 bits per heavy atom. The predicted molar refractivity (Wildman–Crippen MR) is 67.5 cm³/mol. The summed E-state index contributed by atoms with van der Waals surface area (Å²) in [5.41, 5.74) is 0.107. The van der Waals surface area contributed by atoms with Crippen LogP contribution in [-0.4, -0.2) is 41.5 Å². The molecule has 0 aromatic carbocycles. The standard InChI is InChI=1S/C13H17N3O2/c17-12-3-1-2-10(14-12)13(18)15-11-8-16-6-4-9(11)5-7-16/h1-3,9,11H,4-8H2,(H,14,17)(H,15,18). The summed E-state index contributed by atoms with van der Waals surface area (Å²) in [6, 6.07) is 4.87. The molecule has 1 atom stereocenters. The van der Waals surface area contributed by atoms with Crippen molar-refractivity contribution in [1.82, 2.24) is 15.2 Å². The Labute approximate surface area is 105 Å². The zero-order valence-corrected chi connectivity index (χ0v) is 10.2. The Kier molecular flexibility index (Phi) is 2.91. The predicted octanol–water partition coefficient (Wildman–Crippen LogP) is 0.199. The van der Waals surface area contributed by atoms with Crippen LogP contribution in [0.15, 0.2) is 23.0 Å². The fourth-order valence-corrected chi connectivity index (χ4v) is 2.95. The van der Waals surface area contributed by atoms with E-state index in [0.717, 1.165) is 32.5 Å². The molecule has 0 saturated carbocycles. The number of aromatic amines is 1. The molecule has 2 N–H and O–H groups in total. The molecule has 2 bridgehead atoms. The number of piperidine rings is 3. The minimum atomic E-state index is -0.239. The fourth-order valence-electron chi connectivity index (χ4n) is 2.95. The van der Waals surface area contributed by atoms with Crippen molar-refractivity contribution < 1.29 is 4.79 Å². The number of nitrogens with zero attached hydrogens (tertiary/aromatic N) is 1.